The maximum Gasteiger partial charge on any atom is 0.269 e. The number of H-pyrrole nitrogens is 1. The lowest BCUT2D eigenvalue weighted by molar-refractivity contribution is -0.131. The summed E-state index contributed by atoms with van der Waals surface area (Å²) in [6, 6.07) is 6.06. The first-order valence-corrected chi connectivity index (χ1v) is 10.3. The molecule has 0 bridgehead atoms. The van der Waals surface area contributed by atoms with Crippen molar-refractivity contribution in [3.63, 3.8) is 0 Å². The van der Waals surface area contributed by atoms with E-state index in [0.717, 1.165) is 30.7 Å². The fourth-order valence-electron chi connectivity index (χ4n) is 3.39. The van der Waals surface area contributed by atoms with Crippen LogP contribution in [0.5, 0.6) is 0 Å². The number of aromatic nitrogens is 2. The van der Waals surface area contributed by atoms with Gasteiger partial charge >= 0.3 is 0 Å². The highest BCUT2D eigenvalue weighted by atomic mass is 32.2. The van der Waals surface area contributed by atoms with E-state index in [1.165, 1.54) is 12.1 Å². The van der Waals surface area contributed by atoms with Crippen LogP contribution in [0.2, 0.25) is 0 Å². The average Bonchev–Trinajstić information content (AvgIpc) is 3.61. The molecule has 2 fully saturated rings. The van der Waals surface area contributed by atoms with Crippen LogP contribution in [0.15, 0.2) is 28.2 Å². The number of thioether (sulfide) groups is 1. The second kappa shape index (κ2) is 7.59. The van der Waals surface area contributed by atoms with Gasteiger partial charge in [-0.05, 0) is 25.3 Å². The molecule has 2 aliphatic carbocycles. The molecule has 2 aromatic rings. The zero-order valence-electron chi connectivity index (χ0n) is 15.6. The molecule has 1 heterocycles. The van der Waals surface area contributed by atoms with Crippen LogP contribution in [0.25, 0.3) is 0 Å². The van der Waals surface area contributed by atoms with Gasteiger partial charge in [-0.25, -0.2) is 13.8 Å². The van der Waals surface area contributed by atoms with Crippen LogP contribution < -0.4 is 5.56 Å². The van der Waals surface area contributed by atoms with Crippen molar-refractivity contribution >= 4 is 17.7 Å². The second-order valence-electron chi connectivity index (χ2n) is 7.37. The second-order valence-corrected chi connectivity index (χ2v) is 8.34. The molecule has 0 spiro atoms. The number of nitrogens with zero attached hydrogens (tertiary/aromatic N) is 3. The third-order valence-electron chi connectivity index (χ3n) is 5.33. The van der Waals surface area contributed by atoms with Gasteiger partial charge in [-0.2, -0.15) is 5.26 Å². The average molecular weight is 416 g/mol. The summed E-state index contributed by atoms with van der Waals surface area (Å²) in [7, 11) is 1.78. The molecule has 2 saturated carbocycles. The third-order valence-corrected chi connectivity index (χ3v) is 6.26. The maximum absolute atomic E-state index is 13.8. The van der Waals surface area contributed by atoms with E-state index < -0.39 is 17.2 Å². The summed E-state index contributed by atoms with van der Waals surface area (Å²) >= 11 is 1.04. The Hall–Kier alpha value is -2.73. The Morgan fingerprint density at radius 3 is 2.86 bits per heavy atom. The number of amides is 1. The minimum atomic E-state index is -0.941. The molecule has 0 aliphatic heterocycles. The Labute approximate surface area is 169 Å². The molecule has 1 aromatic heterocycles. The minimum absolute atomic E-state index is 0.0134. The SMILES string of the molecule is CN(C(=O)C1CC1c1nc(SCc2cccc(F)c2F)[nH]c(=O)c1C#N)C1CC1. The molecule has 1 aromatic carbocycles. The molecule has 0 saturated heterocycles. The molecular formula is C20H18F2N4O2S. The first kappa shape index (κ1) is 19.6. The summed E-state index contributed by atoms with van der Waals surface area (Å²) in [4.78, 5) is 33.5. The molecule has 1 amide bonds. The van der Waals surface area contributed by atoms with E-state index in [0.29, 0.717) is 18.2 Å². The summed E-state index contributed by atoms with van der Waals surface area (Å²) in [6.45, 7) is 0. The lowest BCUT2D eigenvalue weighted by atomic mass is 10.1. The molecule has 9 heteroatoms. The van der Waals surface area contributed by atoms with E-state index >= 15 is 0 Å². The Morgan fingerprint density at radius 2 is 2.17 bits per heavy atom. The summed E-state index contributed by atoms with van der Waals surface area (Å²) in [5, 5.41) is 9.58. The number of hydrogen-bond donors (Lipinski definition) is 1. The number of aromatic amines is 1. The lowest BCUT2D eigenvalue weighted by Crippen LogP contribution is -2.30. The monoisotopic (exact) mass is 416 g/mol. The van der Waals surface area contributed by atoms with Crippen LogP contribution in [0.4, 0.5) is 8.78 Å². The van der Waals surface area contributed by atoms with E-state index in [1.807, 2.05) is 6.07 Å². The fourth-order valence-corrected chi connectivity index (χ4v) is 4.24. The number of halogens is 2. The fraction of sp³-hybridized carbons (Fsp3) is 0.400. The molecule has 1 N–H and O–H groups in total. The van der Waals surface area contributed by atoms with Crippen LogP contribution in [0.1, 0.15) is 42.0 Å². The van der Waals surface area contributed by atoms with E-state index in [4.69, 9.17) is 0 Å². The smallest absolute Gasteiger partial charge is 0.269 e. The van der Waals surface area contributed by atoms with Gasteiger partial charge in [0.15, 0.2) is 16.8 Å². The maximum atomic E-state index is 13.8. The van der Waals surface area contributed by atoms with Crippen LogP contribution >= 0.6 is 11.8 Å². The summed E-state index contributed by atoms with van der Waals surface area (Å²) in [5.41, 5.74) is -0.232. The van der Waals surface area contributed by atoms with Crippen LogP contribution in [0.3, 0.4) is 0 Å². The van der Waals surface area contributed by atoms with Crippen LogP contribution in [-0.2, 0) is 10.5 Å². The first-order valence-electron chi connectivity index (χ1n) is 9.27. The largest absolute Gasteiger partial charge is 0.343 e. The standard InChI is InChI=1S/C20H18F2N4O2S/c1-26(11-5-6-11)19(28)13-7-12(13)17-14(8-23)18(27)25-20(24-17)29-9-10-3-2-4-15(21)16(10)22/h2-4,11-13H,5-7,9H2,1H3,(H,24,25,27). The molecule has 6 nitrogen and oxygen atoms in total. The van der Waals surface area contributed by atoms with Crippen molar-refractivity contribution in [2.24, 2.45) is 5.92 Å². The third kappa shape index (κ3) is 3.90. The van der Waals surface area contributed by atoms with E-state index in [9.17, 15) is 23.6 Å². The zero-order chi connectivity index (χ0) is 20.7. The molecule has 4 rings (SSSR count). The predicted octanol–water partition coefficient (Wildman–Crippen LogP) is 2.94. The Morgan fingerprint density at radius 1 is 1.41 bits per heavy atom. The van der Waals surface area contributed by atoms with Crippen molar-refractivity contribution in [1.29, 1.82) is 5.26 Å². The van der Waals surface area contributed by atoms with Gasteiger partial charge in [-0.1, -0.05) is 23.9 Å². The molecule has 2 unspecified atom stereocenters. The number of nitrogens with one attached hydrogen (secondary N) is 1. The molecule has 0 radical (unpaired) electrons. The van der Waals surface area contributed by atoms with Crippen molar-refractivity contribution in [1.82, 2.24) is 14.9 Å². The van der Waals surface area contributed by atoms with Crippen molar-refractivity contribution in [2.75, 3.05) is 7.05 Å². The first-order chi connectivity index (χ1) is 13.9. The van der Waals surface area contributed by atoms with Gasteiger partial charge in [-0.15, -0.1) is 0 Å². The number of hydrogen-bond acceptors (Lipinski definition) is 5. The molecular weight excluding hydrogens is 398 g/mol. The number of carbonyl (C=O) groups excluding carboxylic acids is 1. The van der Waals surface area contributed by atoms with Gasteiger partial charge in [0.05, 0.1) is 5.69 Å². The topological polar surface area (TPSA) is 89.8 Å². The number of rotatable bonds is 6. The molecule has 2 atom stereocenters. The van der Waals surface area contributed by atoms with Gasteiger partial charge in [0.25, 0.3) is 5.56 Å². The van der Waals surface area contributed by atoms with Gasteiger partial charge in [0, 0.05) is 36.2 Å². The van der Waals surface area contributed by atoms with E-state index in [2.05, 4.69) is 9.97 Å². The number of nitriles is 1. The highest BCUT2D eigenvalue weighted by Crippen LogP contribution is 2.49. The van der Waals surface area contributed by atoms with Gasteiger partial charge in [-0.3, -0.25) is 9.59 Å². The normalized spacial score (nSPS) is 20.2. The molecule has 150 valence electrons. The van der Waals surface area contributed by atoms with Gasteiger partial charge in [0.2, 0.25) is 5.91 Å². The highest BCUT2D eigenvalue weighted by molar-refractivity contribution is 7.98. The highest BCUT2D eigenvalue weighted by Gasteiger charge is 2.49. The van der Waals surface area contributed by atoms with Crippen LogP contribution in [0, 0.1) is 28.9 Å². The lowest BCUT2D eigenvalue weighted by Gasteiger charge is -2.16. The van der Waals surface area contributed by atoms with Crippen molar-refractivity contribution in [2.45, 2.75) is 42.1 Å². The van der Waals surface area contributed by atoms with E-state index in [1.54, 1.807) is 11.9 Å². The number of carbonyl (C=O) groups is 1. The quantitative estimate of drug-likeness (QED) is 0.578. The van der Waals surface area contributed by atoms with Crippen molar-refractivity contribution in [3.05, 3.63) is 57.0 Å². The Bertz CT molecular complexity index is 1080. The summed E-state index contributed by atoms with van der Waals surface area (Å²) in [6.07, 6.45) is 2.55. The molecule has 2 aliphatic rings. The Kier molecular flexibility index (Phi) is 5.13. The van der Waals surface area contributed by atoms with Crippen molar-refractivity contribution < 1.29 is 13.6 Å². The van der Waals surface area contributed by atoms with Crippen LogP contribution in [-0.4, -0.2) is 33.9 Å². The van der Waals surface area contributed by atoms with Crippen molar-refractivity contribution in [3.8, 4) is 6.07 Å². The van der Waals surface area contributed by atoms with Gasteiger partial charge < -0.3 is 9.88 Å². The Balaban J connectivity index is 1.54. The zero-order valence-corrected chi connectivity index (χ0v) is 16.4. The molecule has 29 heavy (non-hydrogen) atoms. The van der Waals surface area contributed by atoms with E-state index in [-0.39, 0.29) is 39.8 Å². The number of benzene rings is 1. The summed E-state index contributed by atoms with van der Waals surface area (Å²) in [5.74, 6) is -2.35. The summed E-state index contributed by atoms with van der Waals surface area (Å²) < 4.78 is 27.2. The van der Waals surface area contributed by atoms with Gasteiger partial charge in [0.1, 0.15) is 11.6 Å². The predicted molar refractivity (Wildman–Crippen MR) is 102 cm³/mol. The minimum Gasteiger partial charge on any atom is -0.343 e.